The summed E-state index contributed by atoms with van der Waals surface area (Å²) in [4.78, 5) is 2.40. The van der Waals surface area contributed by atoms with E-state index in [1.165, 1.54) is 32.8 Å². The van der Waals surface area contributed by atoms with Crippen LogP contribution in [-0.4, -0.2) is 4.57 Å². The van der Waals surface area contributed by atoms with Crippen LogP contribution in [0, 0.1) is 0 Å². The molecule has 2 aromatic heterocycles. The summed E-state index contributed by atoms with van der Waals surface area (Å²) in [5.74, 6) is 1.73. The molecule has 0 spiro atoms. The summed E-state index contributed by atoms with van der Waals surface area (Å²) in [5.41, 5.74) is 17.3. The van der Waals surface area contributed by atoms with Gasteiger partial charge in [-0.25, -0.2) is 0 Å². The molecule has 0 atom stereocenters. The molecule has 0 N–H and O–H groups in total. The highest BCUT2D eigenvalue weighted by Gasteiger charge is 2.25. The first kappa shape index (κ1) is 38.2. The summed E-state index contributed by atoms with van der Waals surface area (Å²) in [7, 11) is 0. The van der Waals surface area contributed by atoms with Gasteiger partial charge < -0.3 is 18.6 Å². The minimum absolute atomic E-state index is 0.859. The Morgan fingerprint density at radius 3 is 1.93 bits per heavy atom. The first-order valence-electron chi connectivity index (χ1n) is 23.2. The number of hydrogen-bond acceptors (Lipinski definition) is 3. The fourth-order valence-corrected chi connectivity index (χ4v) is 10.7. The van der Waals surface area contributed by atoms with Crippen LogP contribution < -0.4 is 9.64 Å². The van der Waals surface area contributed by atoms with Crippen LogP contribution in [0.15, 0.2) is 247 Å². The van der Waals surface area contributed by atoms with E-state index in [9.17, 15) is 0 Å². The highest BCUT2D eigenvalue weighted by Crippen LogP contribution is 2.48. The number of nitrogens with zero attached hydrogens (tertiary/aromatic N) is 2. The summed E-state index contributed by atoms with van der Waals surface area (Å²) in [5, 5.41) is 7.06. The van der Waals surface area contributed by atoms with Gasteiger partial charge in [0.15, 0.2) is 11.5 Å². The third-order valence-electron chi connectivity index (χ3n) is 13.8. The minimum atomic E-state index is 0.859. The number of aromatic nitrogens is 1. The van der Waals surface area contributed by atoms with E-state index in [-0.39, 0.29) is 0 Å². The monoisotopic (exact) mass is 868 g/mol. The second kappa shape index (κ2) is 15.2. The molecule has 0 saturated carbocycles. The van der Waals surface area contributed by atoms with Crippen LogP contribution in [0.3, 0.4) is 0 Å². The molecule has 4 nitrogen and oxygen atoms in total. The average molecular weight is 869 g/mol. The zero-order chi connectivity index (χ0) is 44.7. The van der Waals surface area contributed by atoms with Gasteiger partial charge in [0, 0.05) is 44.0 Å². The Bertz CT molecular complexity index is 4130. The topological polar surface area (TPSA) is 30.5 Å². The van der Waals surface area contributed by atoms with Crippen molar-refractivity contribution in [3.63, 3.8) is 0 Å². The Morgan fingerprint density at radius 2 is 0.985 bits per heavy atom. The predicted molar refractivity (Wildman–Crippen MR) is 282 cm³/mol. The van der Waals surface area contributed by atoms with Gasteiger partial charge in [-0.05, 0) is 117 Å². The molecular weight excluding hydrogens is 829 g/mol. The average Bonchev–Trinajstić information content (AvgIpc) is 3.96. The van der Waals surface area contributed by atoms with E-state index < -0.39 is 0 Å². The van der Waals surface area contributed by atoms with Gasteiger partial charge in [-0.15, -0.1) is 0 Å². The summed E-state index contributed by atoms with van der Waals surface area (Å²) in [6.45, 7) is 0. The Balaban J connectivity index is 0.926. The van der Waals surface area contributed by atoms with Crippen LogP contribution in [0.4, 0.5) is 17.1 Å². The fraction of sp³-hybridized carbons (Fsp3) is 0. The fourth-order valence-electron chi connectivity index (χ4n) is 10.7. The van der Waals surface area contributed by atoms with E-state index in [2.05, 4.69) is 228 Å². The third-order valence-corrected chi connectivity index (χ3v) is 13.8. The van der Waals surface area contributed by atoms with Crippen LogP contribution in [0.2, 0.25) is 0 Å². The lowest BCUT2D eigenvalue weighted by atomic mass is 9.95. The second-order valence-electron chi connectivity index (χ2n) is 17.6. The zero-order valence-corrected chi connectivity index (χ0v) is 36.8. The number of furan rings is 1. The van der Waals surface area contributed by atoms with Gasteiger partial charge in [0.1, 0.15) is 11.2 Å². The van der Waals surface area contributed by atoms with Crippen LogP contribution in [0.25, 0.3) is 105 Å². The van der Waals surface area contributed by atoms with E-state index >= 15 is 0 Å². The first-order valence-corrected chi connectivity index (χ1v) is 23.2. The molecule has 0 aliphatic carbocycles. The predicted octanol–water partition coefficient (Wildman–Crippen LogP) is 18.1. The summed E-state index contributed by atoms with van der Waals surface area (Å²) in [6.07, 6.45) is 0. The molecule has 0 amide bonds. The molecule has 4 heteroatoms. The molecule has 68 heavy (non-hydrogen) atoms. The molecule has 3 heterocycles. The molecule has 1 aliphatic heterocycles. The molecule has 0 unspecified atom stereocenters. The van der Waals surface area contributed by atoms with E-state index in [1.54, 1.807) is 0 Å². The molecule has 13 aromatic rings. The number of benzene rings is 11. The quantitative estimate of drug-likeness (QED) is 0.160. The van der Waals surface area contributed by atoms with Crippen molar-refractivity contribution in [2.45, 2.75) is 0 Å². The van der Waals surface area contributed by atoms with Gasteiger partial charge in [-0.1, -0.05) is 170 Å². The highest BCUT2D eigenvalue weighted by molar-refractivity contribution is 6.14. The molecule has 14 rings (SSSR count). The summed E-state index contributed by atoms with van der Waals surface area (Å²) >= 11 is 0. The number of anilines is 3. The standard InChI is InChI=1S/C64H40N2O2/c1-2-20-49-42(14-1)15-11-23-50(49)44-17-9-16-43(38-44)41-32-35-47(36-33-41)65(48-19-10-18-45(39-48)52-24-12-26-55-53-22-4-7-29-60(53)68-64(52)55)57-27-5-3-21-51(57)46-34-37-58-56(40-46)54-25-13-31-62-63(54)66(58)59-28-6-8-30-61(59)67-62/h1-40H. The lowest BCUT2D eigenvalue weighted by molar-refractivity contribution is 0.476. The van der Waals surface area contributed by atoms with Gasteiger partial charge in [-0.2, -0.15) is 0 Å². The van der Waals surface area contributed by atoms with Gasteiger partial charge in [0.05, 0.1) is 22.4 Å². The van der Waals surface area contributed by atoms with Gasteiger partial charge in [0.25, 0.3) is 0 Å². The lowest BCUT2D eigenvalue weighted by Crippen LogP contribution is -2.11. The van der Waals surface area contributed by atoms with Crippen molar-refractivity contribution < 1.29 is 9.15 Å². The maximum absolute atomic E-state index is 6.58. The summed E-state index contributed by atoms with van der Waals surface area (Å²) in [6, 6.07) is 87.1. The number of ether oxygens (including phenoxy) is 1. The Labute approximate surface area is 392 Å². The van der Waals surface area contributed by atoms with Crippen LogP contribution >= 0.6 is 0 Å². The van der Waals surface area contributed by atoms with E-state index in [1.807, 2.05) is 24.3 Å². The Hall–Kier alpha value is -9.12. The molecule has 11 aromatic carbocycles. The van der Waals surface area contributed by atoms with Crippen molar-refractivity contribution in [1.82, 2.24) is 4.57 Å². The molecule has 318 valence electrons. The van der Waals surface area contributed by atoms with Crippen molar-refractivity contribution in [3.05, 3.63) is 243 Å². The van der Waals surface area contributed by atoms with Crippen molar-refractivity contribution in [2.24, 2.45) is 0 Å². The maximum atomic E-state index is 6.58. The highest BCUT2D eigenvalue weighted by atomic mass is 16.5. The van der Waals surface area contributed by atoms with E-state index in [4.69, 9.17) is 9.15 Å². The smallest absolute Gasteiger partial charge is 0.152 e. The maximum Gasteiger partial charge on any atom is 0.152 e. The van der Waals surface area contributed by atoms with Crippen molar-refractivity contribution in [3.8, 4) is 61.7 Å². The first-order chi connectivity index (χ1) is 33.7. The van der Waals surface area contributed by atoms with E-state index in [0.717, 1.165) is 100 Å². The molecule has 0 bridgehead atoms. The molecular formula is C64H40N2O2. The number of fused-ring (bicyclic) bond motifs is 9. The summed E-state index contributed by atoms with van der Waals surface area (Å²) < 4.78 is 15.4. The van der Waals surface area contributed by atoms with Gasteiger partial charge in [-0.3, -0.25) is 0 Å². The SMILES string of the molecule is c1cc(-c2ccc(N(c3cccc(-c4cccc5c4oc4ccccc45)c3)c3ccccc3-c3ccc4c(c3)c3cccc5c3n4-c3ccccc3O5)cc2)cc(-c2cccc3ccccc23)c1. The Kier molecular flexibility index (Phi) is 8.55. The third kappa shape index (κ3) is 6.01. The van der Waals surface area contributed by atoms with Crippen LogP contribution in [-0.2, 0) is 0 Å². The van der Waals surface area contributed by atoms with Crippen LogP contribution in [0.5, 0.6) is 11.5 Å². The normalized spacial score (nSPS) is 11.9. The minimum Gasteiger partial charge on any atom is -0.455 e. The Morgan fingerprint density at radius 1 is 0.353 bits per heavy atom. The molecule has 1 aliphatic rings. The van der Waals surface area contributed by atoms with Crippen molar-refractivity contribution >= 4 is 71.6 Å². The zero-order valence-electron chi connectivity index (χ0n) is 36.8. The second-order valence-corrected chi connectivity index (χ2v) is 17.6. The van der Waals surface area contributed by atoms with Crippen molar-refractivity contribution in [1.29, 1.82) is 0 Å². The molecule has 0 saturated heterocycles. The lowest BCUT2D eigenvalue weighted by Gasteiger charge is -2.28. The number of hydrogen-bond donors (Lipinski definition) is 0. The largest absolute Gasteiger partial charge is 0.455 e. The van der Waals surface area contributed by atoms with E-state index in [0.29, 0.717) is 0 Å². The van der Waals surface area contributed by atoms with Crippen LogP contribution in [0.1, 0.15) is 0 Å². The molecule has 0 fully saturated rings. The number of para-hydroxylation sites is 6. The molecule has 0 radical (unpaired) electrons. The number of rotatable bonds is 7. The van der Waals surface area contributed by atoms with Crippen molar-refractivity contribution in [2.75, 3.05) is 4.90 Å². The van der Waals surface area contributed by atoms with Gasteiger partial charge in [0.2, 0.25) is 0 Å². The van der Waals surface area contributed by atoms with Gasteiger partial charge >= 0.3 is 0 Å².